The van der Waals surface area contributed by atoms with Gasteiger partial charge in [-0.1, -0.05) is 11.6 Å². The molecule has 3 N–H and O–H groups in total. The molecule has 3 rings (SSSR count). The van der Waals surface area contributed by atoms with Crippen molar-refractivity contribution in [1.29, 1.82) is 0 Å². The smallest absolute Gasteiger partial charge is 0.231 e. The molecule has 5 heteroatoms. The second-order valence-corrected chi connectivity index (χ2v) is 5.25. The lowest BCUT2D eigenvalue weighted by Gasteiger charge is -2.29. The second kappa shape index (κ2) is 4.96. The molecule has 0 aromatic heterocycles. The van der Waals surface area contributed by atoms with Gasteiger partial charge in [-0.2, -0.15) is 0 Å². The quantitative estimate of drug-likeness (QED) is 0.862. The number of nitrogens with one attached hydrogen (secondary N) is 1. The number of hydrogen-bond acceptors (Lipinski definition) is 4. The third-order valence-electron chi connectivity index (χ3n) is 3.74. The first-order chi connectivity index (χ1) is 8.75. The fourth-order valence-electron chi connectivity index (χ4n) is 2.65. The number of piperidine rings is 1. The first kappa shape index (κ1) is 12.1. The van der Waals surface area contributed by atoms with E-state index in [-0.39, 0.29) is 12.8 Å². The van der Waals surface area contributed by atoms with E-state index in [1.54, 1.807) is 6.07 Å². The van der Waals surface area contributed by atoms with E-state index in [4.69, 9.17) is 26.8 Å². The summed E-state index contributed by atoms with van der Waals surface area (Å²) < 4.78 is 10.7. The lowest BCUT2D eigenvalue weighted by Crippen LogP contribution is -2.33. The molecule has 0 unspecified atom stereocenters. The van der Waals surface area contributed by atoms with Crippen molar-refractivity contribution in [3.8, 4) is 11.5 Å². The van der Waals surface area contributed by atoms with Crippen LogP contribution in [0, 0.1) is 5.92 Å². The molecule has 0 bridgehead atoms. The lowest BCUT2D eigenvalue weighted by molar-refractivity contribution is 0.174. The molecule has 0 saturated carbocycles. The maximum atomic E-state index is 6.36. The van der Waals surface area contributed by atoms with Crippen LogP contribution in [0.5, 0.6) is 11.5 Å². The normalized spacial score (nSPS) is 21.0. The van der Waals surface area contributed by atoms with Gasteiger partial charge >= 0.3 is 0 Å². The summed E-state index contributed by atoms with van der Waals surface area (Å²) in [6, 6.07) is 3.70. The molecule has 2 aliphatic heterocycles. The Kier molecular flexibility index (Phi) is 3.33. The van der Waals surface area contributed by atoms with Crippen LogP contribution in [-0.2, 0) is 0 Å². The highest BCUT2D eigenvalue weighted by atomic mass is 35.5. The van der Waals surface area contributed by atoms with Crippen molar-refractivity contribution in [3.63, 3.8) is 0 Å². The van der Waals surface area contributed by atoms with E-state index in [9.17, 15) is 0 Å². The summed E-state index contributed by atoms with van der Waals surface area (Å²) in [4.78, 5) is 0. The van der Waals surface area contributed by atoms with E-state index in [0.29, 0.717) is 16.7 Å². The van der Waals surface area contributed by atoms with Crippen LogP contribution >= 0.6 is 11.6 Å². The highest BCUT2D eigenvalue weighted by Crippen LogP contribution is 2.40. The molecule has 1 aromatic carbocycles. The summed E-state index contributed by atoms with van der Waals surface area (Å²) in [7, 11) is 0. The number of rotatable bonds is 2. The van der Waals surface area contributed by atoms with Crippen LogP contribution in [0.25, 0.3) is 0 Å². The molecule has 18 heavy (non-hydrogen) atoms. The lowest BCUT2D eigenvalue weighted by atomic mass is 9.86. The molecule has 1 atom stereocenters. The Morgan fingerprint density at radius 3 is 2.61 bits per heavy atom. The van der Waals surface area contributed by atoms with Gasteiger partial charge in [0.15, 0.2) is 11.5 Å². The molecular formula is C13H17ClN2O2. The predicted octanol–water partition coefficient (Wildman–Crippen LogP) is 2.07. The Morgan fingerprint density at radius 2 is 1.89 bits per heavy atom. The minimum atomic E-state index is -0.0332. The van der Waals surface area contributed by atoms with Crippen molar-refractivity contribution in [2.24, 2.45) is 11.7 Å². The Morgan fingerprint density at radius 1 is 1.22 bits per heavy atom. The van der Waals surface area contributed by atoms with Crippen LogP contribution in [0.1, 0.15) is 24.4 Å². The highest BCUT2D eigenvalue weighted by Gasteiger charge is 2.26. The van der Waals surface area contributed by atoms with Gasteiger partial charge in [-0.15, -0.1) is 0 Å². The van der Waals surface area contributed by atoms with Gasteiger partial charge in [0, 0.05) is 17.1 Å². The Hall–Kier alpha value is -0.970. The Balaban J connectivity index is 1.86. The second-order valence-electron chi connectivity index (χ2n) is 4.84. The van der Waals surface area contributed by atoms with E-state index in [2.05, 4.69) is 5.32 Å². The molecule has 0 aliphatic carbocycles. The monoisotopic (exact) mass is 268 g/mol. The van der Waals surface area contributed by atoms with Crippen molar-refractivity contribution >= 4 is 11.6 Å². The van der Waals surface area contributed by atoms with E-state index >= 15 is 0 Å². The van der Waals surface area contributed by atoms with Gasteiger partial charge in [0.2, 0.25) is 6.79 Å². The largest absolute Gasteiger partial charge is 0.454 e. The summed E-state index contributed by atoms with van der Waals surface area (Å²) >= 11 is 6.29. The van der Waals surface area contributed by atoms with Gasteiger partial charge in [0.25, 0.3) is 0 Å². The van der Waals surface area contributed by atoms with Gasteiger partial charge in [-0.05, 0) is 43.5 Å². The number of nitrogens with two attached hydrogens (primary N) is 1. The zero-order valence-electron chi connectivity index (χ0n) is 10.1. The molecule has 2 heterocycles. The molecular weight excluding hydrogens is 252 g/mol. The summed E-state index contributed by atoms with van der Waals surface area (Å²) in [6.07, 6.45) is 2.18. The molecule has 2 aliphatic rings. The van der Waals surface area contributed by atoms with Gasteiger partial charge in [0.1, 0.15) is 0 Å². The van der Waals surface area contributed by atoms with Crippen molar-refractivity contribution in [2.75, 3.05) is 19.9 Å². The third kappa shape index (κ3) is 2.16. The first-order valence-corrected chi connectivity index (χ1v) is 6.69. The van der Waals surface area contributed by atoms with Crippen LogP contribution in [0.4, 0.5) is 0 Å². The zero-order valence-corrected chi connectivity index (χ0v) is 10.9. The van der Waals surface area contributed by atoms with Crippen molar-refractivity contribution < 1.29 is 9.47 Å². The fraction of sp³-hybridized carbons (Fsp3) is 0.538. The maximum Gasteiger partial charge on any atom is 0.231 e. The number of benzene rings is 1. The van der Waals surface area contributed by atoms with E-state index < -0.39 is 0 Å². The molecule has 0 spiro atoms. The maximum absolute atomic E-state index is 6.36. The Labute approximate surface area is 111 Å². The van der Waals surface area contributed by atoms with Gasteiger partial charge in [-0.3, -0.25) is 0 Å². The van der Waals surface area contributed by atoms with E-state index in [1.165, 1.54) is 0 Å². The fourth-order valence-corrected chi connectivity index (χ4v) is 2.93. The molecule has 1 saturated heterocycles. The Bertz CT molecular complexity index is 447. The topological polar surface area (TPSA) is 56.5 Å². The van der Waals surface area contributed by atoms with Gasteiger partial charge in [-0.25, -0.2) is 0 Å². The summed E-state index contributed by atoms with van der Waals surface area (Å²) in [5.41, 5.74) is 7.32. The molecule has 0 radical (unpaired) electrons. The summed E-state index contributed by atoms with van der Waals surface area (Å²) in [5, 5.41) is 4.02. The average molecular weight is 269 g/mol. The third-order valence-corrected chi connectivity index (χ3v) is 4.07. The predicted molar refractivity (Wildman–Crippen MR) is 70.1 cm³/mol. The molecule has 1 aromatic rings. The molecule has 4 nitrogen and oxygen atoms in total. The number of hydrogen-bond donors (Lipinski definition) is 2. The standard InChI is InChI=1S/C13H17ClN2O2/c14-10-6-12-11(17-7-18-12)5-9(10)13(15)8-1-3-16-4-2-8/h5-6,8,13,16H,1-4,7,15H2/t13-/m1/s1. The van der Waals surface area contributed by atoms with Crippen molar-refractivity contribution in [2.45, 2.75) is 18.9 Å². The van der Waals surface area contributed by atoms with Crippen LogP contribution in [0.15, 0.2) is 12.1 Å². The van der Waals surface area contributed by atoms with Crippen LogP contribution in [0.3, 0.4) is 0 Å². The SMILES string of the molecule is N[C@@H](c1cc2c(cc1Cl)OCO2)C1CCNCC1. The molecule has 1 fully saturated rings. The molecule has 98 valence electrons. The summed E-state index contributed by atoms with van der Waals surface area (Å²) in [5.74, 6) is 1.93. The zero-order chi connectivity index (χ0) is 12.5. The van der Waals surface area contributed by atoms with Crippen LogP contribution < -0.4 is 20.5 Å². The number of ether oxygens (including phenoxy) is 2. The van der Waals surface area contributed by atoms with Gasteiger partial charge in [0.05, 0.1) is 0 Å². The van der Waals surface area contributed by atoms with Gasteiger partial charge < -0.3 is 20.5 Å². The van der Waals surface area contributed by atoms with Crippen molar-refractivity contribution in [1.82, 2.24) is 5.32 Å². The summed E-state index contributed by atoms with van der Waals surface area (Å²) in [6.45, 7) is 2.32. The highest BCUT2D eigenvalue weighted by molar-refractivity contribution is 6.31. The first-order valence-electron chi connectivity index (χ1n) is 6.31. The van der Waals surface area contributed by atoms with Crippen LogP contribution in [0.2, 0.25) is 5.02 Å². The average Bonchev–Trinajstić information content (AvgIpc) is 2.85. The number of fused-ring (bicyclic) bond motifs is 1. The minimum Gasteiger partial charge on any atom is -0.454 e. The minimum absolute atomic E-state index is 0.0332. The van der Waals surface area contributed by atoms with Crippen LogP contribution in [-0.4, -0.2) is 19.9 Å². The van der Waals surface area contributed by atoms with E-state index in [0.717, 1.165) is 37.2 Å². The molecule has 0 amide bonds. The van der Waals surface area contributed by atoms with E-state index in [1.807, 2.05) is 6.07 Å². The van der Waals surface area contributed by atoms with Crippen molar-refractivity contribution in [3.05, 3.63) is 22.7 Å². The number of halogens is 1.